The number of aromatic amines is 1. The zero-order chi connectivity index (χ0) is 16.7. The number of H-pyrrole nitrogens is 1. The summed E-state index contributed by atoms with van der Waals surface area (Å²) in [5, 5.41) is 12.1. The number of benzene rings is 1. The molecule has 0 bridgehead atoms. The Kier molecular flexibility index (Phi) is 3.42. The van der Waals surface area contributed by atoms with E-state index in [4.69, 9.17) is 4.74 Å². The van der Waals surface area contributed by atoms with E-state index in [2.05, 4.69) is 15.5 Å². The summed E-state index contributed by atoms with van der Waals surface area (Å²) in [5.74, 6) is -0.591. The van der Waals surface area contributed by atoms with Crippen LogP contribution in [-0.2, 0) is 4.74 Å². The van der Waals surface area contributed by atoms with E-state index in [0.717, 1.165) is 21.7 Å². The van der Waals surface area contributed by atoms with Crippen LogP contribution in [0, 0.1) is 0 Å². The first-order valence-corrected chi connectivity index (χ1v) is 8.18. The first-order valence-electron chi connectivity index (χ1n) is 7.30. The fraction of sp³-hybridized carbons (Fsp3) is 0.118. The Hall–Kier alpha value is -2.93. The lowest BCUT2D eigenvalue weighted by molar-refractivity contribution is 0.0600. The third kappa shape index (κ3) is 2.21. The molecular formula is C17H13N3O3S. The van der Waals surface area contributed by atoms with Gasteiger partial charge in [-0.1, -0.05) is 18.2 Å². The van der Waals surface area contributed by atoms with E-state index in [1.807, 2.05) is 29.6 Å². The normalized spacial score (nSPS) is 15.9. The van der Waals surface area contributed by atoms with Crippen LogP contribution in [0.15, 0.2) is 41.8 Å². The van der Waals surface area contributed by atoms with Gasteiger partial charge in [0.05, 0.1) is 29.3 Å². The molecule has 3 aromatic rings. The molecule has 24 heavy (non-hydrogen) atoms. The SMILES string of the molecule is COC(=O)c1ccc([C@@H]2NC(=O)c3n[nH]c(-c4cccs4)c32)cc1. The van der Waals surface area contributed by atoms with E-state index in [1.54, 1.807) is 23.5 Å². The number of methoxy groups -OCH3 is 1. The van der Waals surface area contributed by atoms with Crippen molar-refractivity contribution in [3.8, 4) is 10.6 Å². The molecule has 0 spiro atoms. The van der Waals surface area contributed by atoms with Gasteiger partial charge in [-0.25, -0.2) is 4.79 Å². The number of nitrogens with one attached hydrogen (secondary N) is 2. The molecule has 7 heteroatoms. The van der Waals surface area contributed by atoms with Crippen LogP contribution in [0.5, 0.6) is 0 Å². The summed E-state index contributed by atoms with van der Waals surface area (Å²) in [6.07, 6.45) is 0. The van der Waals surface area contributed by atoms with Crippen LogP contribution in [0.2, 0.25) is 0 Å². The van der Waals surface area contributed by atoms with Crippen LogP contribution in [0.4, 0.5) is 0 Å². The van der Waals surface area contributed by atoms with Crippen molar-refractivity contribution in [2.24, 2.45) is 0 Å². The predicted molar refractivity (Wildman–Crippen MR) is 89.0 cm³/mol. The number of fused-ring (bicyclic) bond motifs is 1. The molecule has 4 rings (SSSR count). The lowest BCUT2D eigenvalue weighted by atomic mass is 9.98. The second kappa shape index (κ2) is 5.61. The lowest BCUT2D eigenvalue weighted by Crippen LogP contribution is -2.21. The maximum Gasteiger partial charge on any atom is 0.337 e. The van der Waals surface area contributed by atoms with Gasteiger partial charge >= 0.3 is 5.97 Å². The van der Waals surface area contributed by atoms with Gasteiger partial charge in [0.1, 0.15) is 0 Å². The molecule has 1 amide bonds. The maximum atomic E-state index is 12.2. The molecular weight excluding hydrogens is 326 g/mol. The molecule has 6 nitrogen and oxygen atoms in total. The smallest absolute Gasteiger partial charge is 0.337 e. The van der Waals surface area contributed by atoms with Crippen molar-refractivity contribution in [3.63, 3.8) is 0 Å². The Labute approximate surface area is 141 Å². The fourth-order valence-corrected chi connectivity index (χ4v) is 3.60. The molecule has 0 saturated heterocycles. The van der Waals surface area contributed by atoms with Crippen molar-refractivity contribution in [2.75, 3.05) is 7.11 Å². The Balaban J connectivity index is 1.76. The molecule has 2 N–H and O–H groups in total. The van der Waals surface area contributed by atoms with Crippen molar-refractivity contribution >= 4 is 23.2 Å². The molecule has 0 radical (unpaired) electrons. The number of hydrogen-bond acceptors (Lipinski definition) is 5. The average molecular weight is 339 g/mol. The quantitative estimate of drug-likeness (QED) is 0.719. The molecule has 1 aliphatic rings. The fourth-order valence-electron chi connectivity index (χ4n) is 2.86. The van der Waals surface area contributed by atoms with Gasteiger partial charge < -0.3 is 10.1 Å². The summed E-state index contributed by atoms with van der Waals surface area (Å²) in [5.41, 5.74) is 3.46. The Morgan fingerprint density at radius 1 is 1.25 bits per heavy atom. The number of ether oxygens (including phenoxy) is 1. The first kappa shape index (κ1) is 14.6. The highest BCUT2D eigenvalue weighted by Gasteiger charge is 2.35. The van der Waals surface area contributed by atoms with E-state index >= 15 is 0 Å². The predicted octanol–water partition coefficient (Wildman–Crippen LogP) is 2.76. The summed E-state index contributed by atoms with van der Waals surface area (Å²) in [6, 6.07) is 10.7. The molecule has 0 aliphatic carbocycles. The summed E-state index contributed by atoms with van der Waals surface area (Å²) in [4.78, 5) is 24.8. The van der Waals surface area contributed by atoms with Gasteiger partial charge in [-0.05, 0) is 29.1 Å². The Morgan fingerprint density at radius 3 is 2.71 bits per heavy atom. The first-order chi connectivity index (χ1) is 11.7. The number of carbonyl (C=O) groups is 2. The van der Waals surface area contributed by atoms with Crippen molar-refractivity contribution in [1.29, 1.82) is 0 Å². The zero-order valence-electron chi connectivity index (χ0n) is 12.7. The average Bonchev–Trinajstić information content (AvgIpc) is 3.32. The number of hydrogen-bond donors (Lipinski definition) is 2. The Bertz CT molecular complexity index is 913. The molecule has 1 aliphatic heterocycles. The maximum absolute atomic E-state index is 12.2. The number of amides is 1. The number of nitrogens with zero attached hydrogens (tertiary/aromatic N) is 1. The summed E-state index contributed by atoms with van der Waals surface area (Å²) in [7, 11) is 1.35. The topological polar surface area (TPSA) is 84.1 Å². The largest absolute Gasteiger partial charge is 0.465 e. The number of thiophene rings is 1. The summed E-state index contributed by atoms with van der Waals surface area (Å²) < 4.78 is 4.71. The highest BCUT2D eigenvalue weighted by atomic mass is 32.1. The standard InChI is InChI=1S/C17H13N3O3S/c1-23-17(22)10-6-4-9(5-7-10)13-12-14(11-3-2-8-24-11)19-20-15(12)16(21)18-13/h2-8,13H,1H3,(H,18,21)(H,19,20)/t13-/m0/s1. The monoisotopic (exact) mass is 339 g/mol. The molecule has 0 saturated carbocycles. The molecule has 0 fully saturated rings. The van der Waals surface area contributed by atoms with Crippen molar-refractivity contribution in [3.05, 3.63) is 64.2 Å². The zero-order valence-corrected chi connectivity index (χ0v) is 13.5. The summed E-state index contributed by atoms with van der Waals surface area (Å²) in [6.45, 7) is 0. The van der Waals surface area contributed by atoms with Crippen molar-refractivity contribution in [1.82, 2.24) is 15.5 Å². The molecule has 3 heterocycles. The highest BCUT2D eigenvalue weighted by Crippen LogP contribution is 2.38. The molecule has 1 atom stereocenters. The van der Waals surface area contributed by atoms with Crippen LogP contribution >= 0.6 is 11.3 Å². The number of esters is 1. The second-order valence-corrected chi connectivity index (χ2v) is 6.31. The van der Waals surface area contributed by atoms with Gasteiger partial charge in [0.2, 0.25) is 0 Å². The minimum Gasteiger partial charge on any atom is -0.465 e. The van der Waals surface area contributed by atoms with E-state index < -0.39 is 0 Å². The number of rotatable bonds is 3. The molecule has 0 unspecified atom stereocenters. The van der Waals surface area contributed by atoms with Crippen LogP contribution in [0.1, 0.15) is 38.0 Å². The summed E-state index contributed by atoms with van der Waals surface area (Å²) >= 11 is 1.58. The van der Waals surface area contributed by atoms with Crippen molar-refractivity contribution in [2.45, 2.75) is 6.04 Å². The van der Waals surface area contributed by atoms with E-state index in [1.165, 1.54) is 7.11 Å². The second-order valence-electron chi connectivity index (χ2n) is 5.36. The highest BCUT2D eigenvalue weighted by molar-refractivity contribution is 7.13. The van der Waals surface area contributed by atoms with Gasteiger partial charge in [-0.3, -0.25) is 9.89 Å². The lowest BCUT2D eigenvalue weighted by Gasteiger charge is -2.13. The minimum atomic E-state index is -0.389. The third-order valence-corrected chi connectivity index (χ3v) is 4.90. The van der Waals surface area contributed by atoms with Crippen LogP contribution in [0.25, 0.3) is 10.6 Å². The number of carbonyl (C=O) groups excluding carboxylic acids is 2. The number of aromatic nitrogens is 2. The van der Waals surface area contributed by atoms with Gasteiger partial charge in [-0.2, -0.15) is 5.10 Å². The van der Waals surface area contributed by atoms with Gasteiger partial charge in [-0.15, -0.1) is 11.3 Å². The van der Waals surface area contributed by atoms with Crippen LogP contribution < -0.4 is 5.32 Å². The van der Waals surface area contributed by atoms with E-state index in [9.17, 15) is 9.59 Å². The molecule has 2 aromatic heterocycles. The van der Waals surface area contributed by atoms with E-state index in [-0.39, 0.29) is 17.9 Å². The minimum absolute atomic E-state index is 0.203. The van der Waals surface area contributed by atoms with Gasteiger partial charge in [0.25, 0.3) is 5.91 Å². The third-order valence-electron chi connectivity index (χ3n) is 4.02. The molecule has 120 valence electrons. The van der Waals surface area contributed by atoms with Gasteiger partial charge in [0, 0.05) is 5.56 Å². The van der Waals surface area contributed by atoms with E-state index in [0.29, 0.717) is 11.3 Å². The van der Waals surface area contributed by atoms with Crippen LogP contribution in [-0.4, -0.2) is 29.2 Å². The van der Waals surface area contributed by atoms with Gasteiger partial charge in [0.15, 0.2) is 5.69 Å². The molecule has 1 aromatic carbocycles. The van der Waals surface area contributed by atoms with Crippen LogP contribution in [0.3, 0.4) is 0 Å². The van der Waals surface area contributed by atoms with Crippen molar-refractivity contribution < 1.29 is 14.3 Å². The Morgan fingerprint density at radius 2 is 2.04 bits per heavy atom.